The second-order valence-electron chi connectivity index (χ2n) is 6.79. The van der Waals surface area contributed by atoms with Gasteiger partial charge in [0.1, 0.15) is 17.5 Å². The number of carbonyl (C=O) groups is 3. The molecular weight excluding hydrogens is 365 g/mol. The number of carboxylic acids is 1. The third-order valence-corrected chi connectivity index (χ3v) is 6.25. The number of nitrogens with two attached hydrogens (primary N) is 1. The number of aliphatic carboxylic acids is 1. The van der Waals surface area contributed by atoms with E-state index in [0.717, 1.165) is 11.1 Å². The van der Waals surface area contributed by atoms with E-state index in [2.05, 4.69) is 5.32 Å². The molecule has 2 amide bonds. The van der Waals surface area contributed by atoms with Gasteiger partial charge in [0, 0.05) is 11.3 Å². The number of hydrogen-bond donors (Lipinski definition) is 3. The molecule has 0 saturated carbocycles. The van der Waals surface area contributed by atoms with Crippen molar-refractivity contribution in [3.8, 4) is 0 Å². The molecule has 9 heteroatoms. The molecule has 2 aliphatic rings. The smallest absolute Gasteiger partial charge is 1.00 e. The molecule has 2 saturated heterocycles. The van der Waals surface area contributed by atoms with E-state index in [0.29, 0.717) is 6.54 Å². The normalized spacial score (nSPS) is 25.7. The summed E-state index contributed by atoms with van der Waals surface area (Å²) in [6, 6.07) is 5.86. The standard InChI is InChI=1S/C17H21N3O4S.Na.H/c1-17(2)13(16(23)24)20-14(22)12(15(20)25-17)19-11(21)7-9-5-3-4-6-10(9)8-18;;/h3-6,12-13,15H,7-8,18H2,1-2H3,(H,19,21)(H,23,24);;/q;+1;-1/t12?,13-,15+;;/m0../s1. The van der Waals surface area contributed by atoms with Gasteiger partial charge in [-0.15, -0.1) is 11.8 Å². The molecule has 1 aromatic rings. The zero-order valence-electron chi connectivity index (χ0n) is 16.1. The molecule has 136 valence electrons. The van der Waals surface area contributed by atoms with Crippen molar-refractivity contribution in [2.24, 2.45) is 5.73 Å². The van der Waals surface area contributed by atoms with Gasteiger partial charge in [0.15, 0.2) is 0 Å². The van der Waals surface area contributed by atoms with Crippen molar-refractivity contribution < 1.29 is 50.5 Å². The minimum Gasteiger partial charge on any atom is -1.00 e. The minimum atomic E-state index is -1.02. The summed E-state index contributed by atoms with van der Waals surface area (Å²) < 4.78 is -0.599. The largest absolute Gasteiger partial charge is 1.00 e. The van der Waals surface area contributed by atoms with Gasteiger partial charge in [-0.3, -0.25) is 9.59 Å². The molecule has 2 aliphatic heterocycles. The molecule has 0 aromatic heterocycles. The maximum atomic E-state index is 12.4. The number of carboxylic acid groups (broad SMARTS) is 1. The van der Waals surface area contributed by atoms with E-state index < -0.39 is 22.8 Å². The van der Waals surface area contributed by atoms with Gasteiger partial charge in [0.25, 0.3) is 0 Å². The average Bonchev–Trinajstić information content (AvgIpc) is 2.81. The number of nitrogens with zero attached hydrogens (tertiary/aromatic N) is 1. The molecule has 1 unspecified atom stereocenters. The molecule has 2 heterocycles. The minimum absolute atomic E-state index is 0. The molecule has 3 rings (SSSR count). The van der Waals surface area contributed by atoms with Crippen LogP contribution < -0.4 is 40.6 Å². The maximum Gasteiger partial charge on any atom is 1.00 e. The first-order valence-electron chi connectivity index (χ1n) is 8.05. The van der Waals surface area contributed by atoms with Crippen molar-refractivity contribution in [3.63, 3.8) is 0 Å². The Kier molecular flexibility index (Phi) is 6.45. The van der Waals surface area contributed by atoms with Crippen LogP contribution in [0.2, 0.25) is 0 Å². The fourth-order valence-electron chi connectivity index (χ4n) is 3.47. The molecule has 0 bridgehead atoms. The first kappa shape index (κ1) is 21.2. The zero-order chi connectivity index (χ0) is 18.4. The molecule has 3 atom stereocenters. The summed E-state index contributed by atoms with van der Waals surface area (Å²) in [5.74, 6) is -1.62. The van der Waals surface area contributed by atoms with Crippen molar-refractivity contribution in [1.29, 1.82) is 0 Å². The van der Waals surface area contributed by atoms with Crippen molar-refractivity contribution in [1.82, 2.24) is 10.2 Å². The topological polar surface area (TPSA) is 113 Å². The average molecular weight is 387 g/mol. The van der Waals surface area contributed by atoms with Crippen molar-refractivity contribution in [3.05, 3.63) is 35.4 Å². The molecule has 2 fully saturated rings. The Labute approximate surface area is 179 Å². The van der Waals surface area contributed by atoms with E-state index in [4.69, 9.17) is 5.73 Å². The number of β-lactam (4-membered cyclic amide) rings is 1. The van der Waals surface area contributed by atoms with Crippen LogP contribution in [-0.4, -0.2) is 50.0 Å². The van der Waals surface area contributed by atoms with Crippen LogP contribution in [0.1, 0.15) is 26.4 Å². The van der Waals surface area contributed by atoms with E-state index in [1.165, 1.54) is 16.7 Å². The summed E-state index contributed by atoms with van der Waals surface area (Å²) in [7, 11) is 0. The van der Waals surface area contributed by atoms with Gasteiger partial charge in [0.2, 0.25) is 11.8 Å². The number of nitrogens with one attached hydrogen (secondary N) is 1. The monoisotopic (exact) mass is 387 g/mol. The summed E-state index contributed by atoms with van der Waals surface area (Å²) >= 11 is 1.41. The quantitative estimate of drug-likeness (QED) is 0.378. The number of carbonyl (C=O) groups excluding carboxylic acids is 2. The van der Waals surface area contributed by atoms with Gasteiger partial charge in [0.05, 0.1) is 6.42 Å². The van der Waals surface area contributed by atoms with Crippen molar-refractivity contribution >= 4 is 29.5 Å². The molecule has 4 N–H and O–H groups in total. The Morgan fingerprint density at radius 2 is 1.96 bits per heavy atom. The molecule has 1 aromatic carbocycles. The number of benzene rings is 1. The Morgan fingerprint density at radius 3 is 2.54 bits per heavy atom. The number of rotatable bonds is 5. The fraction of sp³-hybridized carbons (Fsp3) is 0.471. The summed E-state index contributed by atoms with van der Waals surface area (Å²) in [6.07, 6.45) is 0.139. The predicted molar refractivity (Wildman–Crippen MR) is 94.8 cm³/mol. The van der Waals surface area contributed by atoms with Crippen LogP contribution in [-0.2, 0) is 27.3 Å². The first-order valence-corrected chi connectivity index (χ1v) is 8.93. The molecule has 0 aliphatic carbocycles. The van der Waals surface area contributed by atoms with Gasteiger partial charge in [-0.2, -0.15) is 0 Å². The number of hydrogen-bond acceptors (Lipinski definition) is 5. The maximum absolute atomic E-state index is 12.4. The van der Waals surface area contributed by atoms with Crippen LogP contribution in [0.3, 0.4) is 0 Å². The Hall–Kier alpha value is -1.06. The number of thioether (sulfide) groups is 1. The van der Waals surface area contributed by atoms with E-state index in [1.54, 1.807) is 13.8 Å². The fourth-order valence-corrected chi connectivity index (χ4v) is 5.10. The van der Waals surface area contributed by atoms with Crippen LogP contribution in [0.4, 0.5) is 0 Å². The van der Waals surface area contributed by atoms with Crippen LogP contribution >= 0.6 is 11.8 Å². The van der Waals surface area contributed by atoms with E-state index >= 15 is 0 Å². The van der Waals surface area contributed by atoms with E-state index in [-0.39, 0.29) is 54.6 Å². The summed E-state index contributed by atoms with van der Waals surface area (Å²) in [5.41, 5.74) is 7.40. The van der Waals surface area contributed by atoms with Gasteiger partial charge in [-0.05, 0) is 25.0 Å². The van der Waals surface area contributed by atoms with Crippen LogP contribution in [0.25, 0.3) is 0 Å². The van der Waals surface area contributed by atoms with Crippen LogP contribution in [0.15, 0.2) is 24.3 Å². The Balaban J connectivity index is 0.00000182. The van der Waals surface area contributed by atoms with Gasteiger partial charge in [-0.25, -0.2) is 4.79 Å². The summed E-state index contributed by atoms with van der Waals surface area (Å²) in [5, 5.41) is 11.8. The molecule has 0 spiro atoms. The third-order valence-electron chi connectivity index (χ3n) is 4.68. The molecule has 0 radical (unpaired) electrons. The number of fused-ring (bicyclic) bond motifs is 1. The van der Waals surface area contributed by atoms with Crippen molar-refractivity contribution in [2.75, 3.05) is 0 Å². The predicted octanol–water partition coefficient (Wildman–Crippen LogP) is -2.56. The Bertz CT molecular complexity index is 749. The summed E-state index contributed by atoms with van der Waals surface area (Å²) in [4.78, 5) is 37.6. The molecular formula is C17H22N3NaO4S. The first-order chi connectivity index (χ1) is 11.8. The Morgan fingerprint density at radius 1 is 1.35 bits per heavy atom. The van der Waals surface area contributed by atoms with Crippen LogP contribution in [0.5, 0.6) is 0 Å². The van der Waals surface area contributed by atoms with E-state index in [1.807, 2.05) is 24.3 Å². The summed E-state index contributed by atoms with van der Waals surface area (Å²) in [6.45, 7) is 3.95. The molecule has 26 heavy (non-hydrogen) atoms. The van der Waals surface area contributed by atoms with Crippen molar-refractivity contribution in [2.45, 2.75) is 49.0 Å². The second kappa shape index (κ2) is 7.90. The van der Waals surface area contributed by atoms with Crippen LogP contribution in [0, 0.1) is 0 Å². The van der Waals surface area contributed by atoms with Gasteiger partial charge >= 0.3 is 35.5 Å². The zero-order valence-corrected chi connectivity index (χ0v) is 17.9. The second-order valence-corrected chi connectivity index (χ2v) is 8.56. The van der Waals surface area contributed by atoms with Gasteiger partial charge < -0.3 is 22.5 Å². The SMILES string of the molecule is CC1(C)S[C@@H]2C(NC(=O)Cc3ccccc3CN)C(=O)N2[C@H]1C(=O)O.[H-].[Na+]. The third kappa shape index (κ3) is 3.66. The van der Waals surface area contributed by atoms with E-state index in [9.17, 15) is 19.5 Å². The number of amides is 2. The van der Waals surface area contributed by atoms with Gasteiger partial charge in [-0.1, -0.05) is 24.3 Å². The molecule has 7 nitrogen and oxygen atoms in total.